The van der Waals surface area contributed by atoms with Crippen LogP contribution in [0, 0.1) is 5.82 Å². The topological polar surface area (TPSA) is 66.0 Å². The highest BCUT2D eigenvalue weighted by molar-refractivity contribution is 6.31. The smallest absolute Gasteiger partial charge is 0.335 e. The molecule has 1 atom stereocenters. The molecule has 1 aromatic carbocycles. The van der Waals surface area contributed by atoms with E-state index in [1.54, 1.807) is 24.0 Å². The number of allylic oxidation sites excluding steroid dienone is 1. The zero-order chi connectivity index (χ0) is 18.1. The van der Waals surface area contributed by atoms with Crippen LogP contribution in [0.2, 0.25) is 5.02 Å². The Hall–Kier alpha value is -2.60. The van der Waals surface area contributed by atoms with Gasteiger partial charge in [-0.05, 0) is 38.1 Å². The highest BCUT2D eigenvalue weighted by Gasteiger charge is 2.34. The standard InChI is InChI=1S/C18H16ClFN2O3/c1-3-22-10(2)15(18(23)24)16(12-7-6-11(20)9-13(12)19)21-17(22)14-5-4-8-25-14/h4-9,16H,3H2,1-2H3,(H,23,24). The maximum absolute atomic E-state index is 13.4. The van der Waals surface area contributed by atoms with Crippen LogP contribution in [0.3, 0.4) is 0 Å². The number of halogens is 2. The molecule has 7 heteroatoms. The number of amidine groups is 1. The molecule has 1 unspecified atom stereocenters. The van der Waals surface area contributed by atoms with E-state index in [-0.39, 0.29) is 10.6 Å². The largest absolute Gasteiger partial charge is 0.478 e. The van der Waals surface area contributed by atoms with Crippen LogP contribution in [-0.2, 0) is 4.79 Å². The predicted octanol–water partition coefficient (Wildman–Crippen LogP) is 4.25. The number of furan rings is 1. The van der Waals surface area contributed by atoms with Crippen molar-refractivity contribution in [3.63, 3.8) is 0 Å². The molecule has 0 aliphatic carbocycles. The summed E-state index contributed by atoms with van der Waals surface area (Å²) in [7, 11) is 0. The molecule has 130 valence electrons. The van der Waals surface area contributed by atoms with Gasteiger partial charge in [0.05, 0.1) is 11.8 Å². The number of carboxylic acids is 1. The van der Waals surface area contributed by atoms with Gasteiger partial charge in [0, 0.05) is 22.8 Å². The van der Waals surface area contributed by atoms with E-state index in [0.717, 1.165) is 6.07 Å². The minimum atomic E-state index is -1.09. The molecule has 0 saturated heterocycles. The molecule has 5 nitrogen and oxygen atoms in total. The molecular weight excluding hydrogens is 347 g/mol. The number of aliphatic imine (C=N–C) groups is 1. The highest BCUT2D eigenvalue weighted by Crippen LogP contribution is 2.38. The molecule has 2 heterocycles. The van der Waals surface area contributed by atoms with Gasteiger partial charge < -0.3 is 14.4 Å². The second-order valence-electron chi connectivity index (χ2n) is 5.55. The Labute approximate surface area is 149 Å². The highest BCUT2D eigenvalue weighted by atomic mass is 35.5. The van der Waals surface area contributed by atoms with Gasteiger partial charge in [-0.15, -0.1) is 0 Å². The zero-order valence-electron chi connectivity index (χ0n) is 13.7. The molecule has 0 radical (unpaired) electrons. The van der Waals surface area contributed by atoms with E-state index in [1.807, 2.05) is 6.92 Å². The second kappa shape index (κ2) is 6.72. The van der Waals surface area contributed by atoms with Crippen LogP contribution in [0.4, 0.5) is 4.39 Å². The first kappa shape index (κ1) is 17.2. The van der Waals surface area contributed by atoms with Crippen LogP contribution in [0.25, 0.3) is 0 Å². The first-order chi connectivity index (χ1) is 11.9. The molecule has 0 saturated carbocycles. The third-order valence-corrected chi connectivity index (χ3v) is 4.45. The molecule has 1 N–H and O–H groups in total. The summed E-state index contributed by atoms with van der Waals surface area (Å²) in [6.07, 6.45) is 1.53. The number of aliphatic carboxylic acids is 1. The minimum Gasteiger partial charge on any atom is -0.478 e. The lowest BCUT2D eigenvalue weighted by Crippen LogP contribution is -2.36. The van der Waals surface area contributed by atoms with Crippen LogP contribution in [0.1, 0.15) is 31.2 Å². The predicted molar refractivity (Wildman–Crippen MR) is 92.1 cm³/mol. The summed E-state index contributed by atoms with van der Waals surface area (Å²) < 4.78 is 18.8. The fraction of sp³-hybridized carbons (Fsp3) is 0.222. The van der Waals surface area contributed by atoms with E-state index >= 15 is 0 Å². The van der Waals surface area contributed by atoms with Crippen molar-refractivity contribution in [3.8, 4) is 0 Å². The summed E-state index contributed by atoms with van der Waals surface area (Å²) in [5.74, 6) is -0.551. The zero-order valence-corrected chi connectivity index (χ0v) is 14.4. The average Bonchev–Trinajstić information content (AvgIpc) is 3.08. The third-order valence-electron chi connectivity index (χ3n) is 4.12. The normalized spacial score (nSPS) is 17.7. The summed E-state index contributed by atoms with van der Waals surface area (Å²) in [4.78, 5) is 18.3. The van der Waals surface area contributed by atoms with Crippen LogP contribution >= 0.6 is 11.6 Å². The number of carbonyl (C=O) groups is 1. The lowest BCUT2D eigenvalue weighted by molar-refractivity contribution is -0.133. The second-order valence-corrected chi connectivity index (χ2v) is 5.95. The van der Waals surface area contributed by atoms with E-state index in [9.17, 15) is 14.3 Å². The molecular formula is C18H16ClFN2O3. The SMILES string of the molecule is CCN1C(c2ccco2)=NC(c2ccc(F)cc2Cl)C(C(=O)O)=C1C. The molecule has 0 bridgehead atoms. The maximum Gasteiger partial charge on any atom is 0.335 e. The first-order valence-corrected chi connectivity index (χ1v) is 8.10. The minimum absolute atomic E-state index is 0.102. The summed E-state index contributed by atoms with van der Waals surface area (Å²) in [5.41, 5.74) is 1.08. The van der Waals surface area contributed by atoms with E-state index in [1.165, 1.54) is 18.4 Å². The average molecular weight is 363 g/mol. The Bertz CT molecular complexity index is 874. The number of hydrogen-bond acceptors (Lipinski definition) is 4. The van der Waals surface area contributed by atoms with Gasteiger partial charge in [0.2, 0.25) is 0 Å². The third kappa shape index (κ3) is 3.05. The lowest BCUT2D eigenvalue weighted by atomic mass is 9.95. The van der Waals surface area contributed by atoms with Gasteiger partial charge in [-0.1, -0.05) is 17.7 Å². The molecule has 2 aromatic rings. The van der Waals surface area contributed by atoms with Gasteiger partial charge in [-0.2, -0.15) is 0 Å². The summed E-state index contributed by atoms with van der Waals surface area (Å²) in [6, 6.07) is 6.49. The molecule has 0 amide bonds. The van der Waals surface area contributed by atoms with E-state index in [2.05, 4.69) is 4.99 Å². The molecule has 1 aliphatic heterocycles. The van der Waals surface area contributed by atoms with Crippen molar-refractivity contribution in [2.75, 3.05) is 6.54 Å². The van der Waals surface area contributed by atoms with Crippen molar-refractivity contribution in [2.45, 2.75) is 19.9 Å². The Balaban J connectivity index is 2.21. The number of hydrogen-bond donors (Lipinski definition) is 1. The van der Waals surface area contributed by atoms with Crippen LogP contribution in [0.15, 0.2) is 57.3 Å². The van der Waals surface area contributed by atoms with Crippen LogP contribution < -0.4 is 0 Å². The summed E-state index contributed by atoms with van der Waals surface area (Å²) in [5, 5.41) is 9.85. The number of nitrogens with zero attached hydrogens (tertiary/aromatic N) is 2. The van der Waals surface area contributed by atoms with Crippen molar-refractivity contribution < 1.29 is 18.7 Å². The summed E-state index contributed by atoms with van der Waals surface area (Å²) in [6.45, 7) is 4.13. The Kier molecular flexibility index (Phi) is 4.63. The fourth-order valence-corrected chi connectivity index (χ4v) is 3.24. The number of carboxylic acid groups (broad SMARTS) is 1. The Morgan fingerprint density at radius 1 is 1.44 bits per heavy atom. The number of benzene rings is 1. The quantitative estimate of drug-likeness (QED) is 0.882. The van der Waals surface area contributed by atoms with Gasteiger partial charge in [0.25, 0.3) is 0 Å². The van der Waals surface area contributed by atoms with Gasteiger partial charge in [-0.3, -0.25) is 4.99 Å². The Morgan fingerprint density at radius 2 is 2.20 bits per heavy atom. The van der Waals surface area contributed by atoms with Crippen molar-refractivity contribution in [1.29, 1.82) is 0 Å². The lowest BCUT2D eigenvalue weighted by Gasteiger charge is -2.33. The van der Waals surface area contributed by atoms with E-state index < -0.39 is 17.8 Å². The molecule has 1 aliphatic rings. The first-order valence-electron chi connectivity index (χ1n) is 7.72. The van der Waals surface area contributed by atoms with Gasteiger partial charge >= 0.3 is 5.97 Å². The van der Waals surface area contributed by atoms with Crippen LogP contribution in [-0.4, -0.2) is 28.4 Å². The fourth-order valence-electron chi connectivity index (χ4n) is 2.97. The van der Waals surface area contributed by atoms with Gasteiger partial charge in [0.15, 0.2) is 11.6 Å². The van der Waals surface area contributed by atoms with Crippen molar-refractivity contribution in [3.05, 3.63) is 70.0 Å². The Morgan fingerprint density at radius 3 is 2.76 bits per heavy atom. The van der Waals surface area contributed by atoms with Gasteiger partial charge in [0.1, 0.15) is 11.9 Å². The van der Waals surface area contributed by atoms with Crippen LogP contribution in [0.5, 0.6) is 0 Å². The monoisotopic (exact) mass is 362 g/mol. The molecule has 0 fully saturated rings. The van der Waals surface area contributed by atoms with Crippen molar-refractivity contribution in [2.24, 2.45) is 4.99 Å². The number of rotatable bonds is 4. The maximum atomic E-state index is 13.4. The summed E-state index contributed by atoms with van der Waals surface area (Å²) >= 11 is 6.16. The molecule has 0 spiro atoms. The van der Waals surface area contributed by atoms with E-state index in [0.29, 0.717) is 29.4 Å². The van der Waals surface area contributed by atoms with Gasteiger partial charge in [-0.25, -0.2) is 9.18 Å². The molecule has 1 aromatic heterocycles. The van der Waals surface area contributed by atoms with Crippen molar-refractivity contribution >= 4 is 23.4 Å². The van der Waals surface area contributed by atoms with E-state index in [4.69, 9.17) is 16.0 Å². The molecule has 25 heavy (non-hydrogen) atoms. The molecule has 3 rings (SSSR count). The van der Waals surface area contributed by atoms with Crippen molar-refractivity contribution in [1.82, 2.24) is 4.90 Å².